The van der Waals surface area contributed by atoms with Gasteiger partial charge in [0.15, 0.2) is 15.6 Å². The van der Waals surface area contributed by atoms with Crippen LogP contribution in [0.25, 0.3) is 0 Å². The van der Waals surface area contributed by atoms with E-state index in [1.165, 1.54) is 23.6 Å². The Morgan fingerprint density at radius 2 is 1.65 bits per heavy atom. The van der Waals surface area contributed by atoms with E-state index in [9.17, 15) is 22.8 Å². The minimum absolute atomic E-state index is 0.0532. The van der Waals surface area contributed by atoms with Crippen LogP contribution in [0.15, 0.2) is 47.3 Å². The molecule has 0 bridgehead atoms. The smallest absolute Gasteiger partial charge is 0.270 e. The van der Waals surface area contributed by atoms with E-state index in [-0.39, 0.29) is 49.2 Å². The molecule has 3 aliphatic rings. The zero-order valence-electron chi connectivity index (χ0n) is 19.2. The Labute approximate surface area is 198 Å². The number of pyridine rings is 1. The van der Waals surface area contributed by atoms with E-state index in [0.717, 1.165) is 5.56 Å². The summed E-state index contributed by atoms with van der Waals surface area (Å²) < 4.78 is 32.8. The molecule has 2 saturated carbocycles. The van der Waals surface area contributed by atoms with Gasteiger partial charge in [-0.3, -0.25) is 14.4 Å². The third kappa shape index (κ3) is 3.71. The maximum atomic E-state index is 13.7. The van der Waals surface area contributed by atoms with E-state index in [2.05, 4.69) is 0 Å². The first-order chi connectivity index (χ1) is 16.2. The van der Waals surface area contributed by atoms with Gasteiger partial charge in [0.1, 0.15) is 5.69 Å². The Kier molecular flexibility index (Phi) is 5.52. The highest BCUT2D eigenvalue weighted by Crippen LogP contribution is 2.57. The molecule has 2 aliphatic carbocycles. The topological polar surface area (TPSA) is 103 Å². The molecule has 0 N–H and O–H groups in total. The number of fused-ring (bicyclic) bond motifs is 1. The van der Waals surface area contributed by atoms with Crippen LogP contribution in [0.5, 0.6) is 0 Å². The number of rotatable bonds is 9. The van der Waals surface area contributed by atoms with Crippen LogP contribution in [0.2, 0.25) is 0 Å². The number of amides is 1. The summed E-state index contributed by atoms with van der Waals surface area (Å²) >= 11 is 0. The standard InChI is InChI=1S/C25H28N2O6S/c1-18(28)20-7-8-21-23(30)26(13-14-27(21)22(20)29)16-24(9-10-24)34(31,32)25(11-12-25)17-33-15-19-5-3-2-4-6-19/h2-8H,9-17H2,1H3. The van der Waals surface area contributed by atoms with Crippen molar-refractivity contribution in [2.24, 2.45) is 0 Å². The second-order valence-corrected chi connectivity index (χ2v) is 12.5. The van der Waals surface area contributed by atoms with Crippen molar-refractivity contribution in [1.82, 2.24) is 9.47 Å². The fourth-order valence-electron chi connectivity index (χ4n) is 4.91. The van der Waals surface area contributed by atoms with Crippen molar-refractivity contribution in [3.8, 4) is 0 Å². The molecule has 0 spiro atoms. The minimum atomic E-state index is -3.53. The maximum absolute atomic E-state index is 13.7. The fraction of sp³-hybridized carbons (Fsp3) is 0.480. The van der Waals surface area contributed by atoms with Gasteiger partial charge in [-0.1, -0.05) is 30.3 Å². The molecule has 0 unspecified atom stereocenters. The van der Waals surface area contributed by atoms with Crippen molar-refractivity contribution >= 4 is 21.5 Å². The first kappa shape index (κ1) is 23.0. The lowest BCUT2D eigenvalue weighted by atomic mass is 10.1. The summed E-state index contributed by atoms with van der Waals surface area (Å²) in [5.74, 6) is -0.715. The molecule has 2 heterocycles. The Morgan fingerprint density at radius 3 is 2.26 bits per heavy atom. The molecule has 0 atom stereocenters. The Hall–Kier alpha value is -2.78. The molecule has 1 aromatic heterocycles. The van der Waals surface area contributed by atoms with Crippen LogP contribution in [0.1, 0.15) is 59.0 Å². The highest BCUT2D eigenvalue weighted by molar-refractivity contribution is 7.94. The number of sulfone groups is 1. The number of hydrogen-bond donors (Lipinski definition) is 0. The predicted octanol–water partition coefficient (Wildman–Crippen LogP) is 2.20. The summed E-state index contributed by atoms with van der Waals surface area (Å²) in [5.41, 5.74) is 0.774. The molecule has 34 heavy (non-hydrogen) atoms. The summed E-state index contributed by atoms with van der Waals surface area (Å²) in [4.78, 5) is 38.9. The van der Waals surface area contributed by atoms with Gasteiger partial charge in [0.2, 0.25) is 0 Å². The Balaban J connectivity index is 1.30. The lowest BCUT2D eigenvalue weighted by molar-refractivity contribution is 0.0694. The number of ketones is 1. The predicted molar refractivity (Wildman–Crippen MR) is 126 cm³/mol. The number of aromatic nitrogens is 1. The van der Waals surface area contributed by atoms with Gasteiger partial charge in [-0.2, -0.15) is 0 Å². The number of ether oxygens (including phenoxy) is 1. The first-order valence-electron chi connectivity index (χ1n) is 11.6. The van der Waals surface area contributed by atoms with Crippen molar-refractivity contribution < 1.29 is 22.7 Å². The van der Waals surface area contributed by atoms with E-state index < -0.39 is 24.9 Å². The van der Waals surface area contributed by atoms with Gasteiger partial charge in [-0.05, 0) is 50.3 Å². The van der Waals surface area contributed by atoms with Gasteiger partial charge >= 0.3 is 0 Å². The first-order valence-corrected chi connectivity index (χ1v) is 13.1. The number of nitrogens with zero attached hydrogens (tertiary/aromatic N) is 2. The van der Waals surface area contributed by atoms with Crippen LogP contribution in [0.3, 0.4) is 0 Å². The summed E-state index contributed by atoms with van der Waals surface area (Å²) in [6, 6.07) is 12.5. The lowest BCUT2D eigenvalue weighted by Gasteiger charge is -2.34. The van der Waals surface area contributed by atoms with Gasteiger partial charge in [-0.15, -0.1) is 0 Å². The molecule has 1 aliphatic heterocycles. The Morgan fingerprint density at radius 1 is 0.971 bits per heavy atom. The van der Waals surface area contributed by atoms with Crippen molar-refractivity contribution in [1.29, 1.82) is 0 Å². The van der Waals surface area contributed by atoms with Crippen molar-refractivity contribution in [2.45, 2.75) is 55.3 Å². The van der Waals surface area contributed by atoms with Crippen molar-refractivity contribution in [2.75, 3.05) is 19.7 Å². The lowest BCUT2D eigenvalue weighted by Crippen LogP contribution is -2.51. The van der Waals surface area contributed by atoms with Crippen LogP contribution in [-0.4, -0.2) is 58.8 Å². The van der Waals surface area contributed by atoms with Crippen molar-refractivity contribution in [3.63, 3.8) is 0 Å². The Bertz CT molecular complexity index is 1310. The monoisotopic (exact) mass is 484 g/mol. The average molecular weight is 485 g/mol. The molecular weight excluding hydrogens is 456 g/mol. The number of hydrogen-bond acceptors (Lipinski definition) is 6. The van der Waals surface area contributed by atoms with Crippen LogP contribution in [0, 0.1) is 0 Å². The maximum Gasteiger partial charge on any atom is 0.270 e. The SMILES string of the molecule is CC(=O)c1ccc2n(c1=O)CCN(CC1(S(=O)(=O)C3(COCc4ccccc4)CC3)CC1)C2=O. The van der Waals surface area contributed by atoms with Crippen LogP contribution in [-0.2, 0) is 27.7 Å². The van der Waals surface area contributed by atoms with Gasteiger partial charge in [0, 0.05) is 19.6 Å². The third-order valence-electron chi connectivity index (χ3n) is 7.36. The molecule has 9 heteroatoms. The second-order valence-electron chi connectivity index (χ2n) is 9.72. The van der Waals surface area contributed by atoms with E-state index in [1.807, 2.05) is 30.3 Å². The molecule has 0 saturated heterocycles. The summed E-state index contributed by atoms with van der Waals surface area (Å²) in [7, 11) is -3.53. The van der Waals surface area contributed by atoms with E-state index in [0.29, 0.717) is 32.3 Å². The van der Waals surface area contributed by atoms with Crippen molar-refractivity contribution in [3.05, 3.63) is 69.6 Å². The van der Waals surface area contributed by atoms with E-state index in [4.69, 9.17) is 4.74 Å². The molecule has 0 radical (unpaired) electrons. The minimum Gasteiger partial charge on any atom is -0.375 e. The summed E-state index contributed by atoms with van der Waals surface area (Å²) in [5, 5.41) is 0. The van der Waals surface area contributed by atoms with Gasteiger partial charge < -0.3 is 14.2 Å². The second kappa shape index (κ2) is 8.16. The van der Waals surface area contributed by atoms with Gasteiger partial charge in [-0.25, -0.2) is 8.42 Å². The number of carbonyl (C=O) groups is 2. The zero-order chi connectivity index (χ0) is 24.1. The number of benzene rings is 1. The van der Waals surface area contributed by atoms with Crippen LogP contribution in [0.4, 0.5) is 0 Å². The number of Topliss-reactive ketones (excluding diaryl/α,β-unsaturated/α-hetero) is 1. The molecular formula is C25H28N2O6S. The quantitative estimate of drug-likeness (QED) is 0.506. The zero-order valence-corrected chi connectivity index (χ0v) is 20.0. The largest absolute Gasteiger partial charge is 0.375 e. The van der Waals surface area contributed by atoms with E-state index >= 15 is 0 Å². The normalized spacial score (nSPS) is 20.0. The van der Waals surface area contributed by atoms with Gasteiger partial charge in [0.25, 0.3) is 11.5 Å². The molecule has 180 valence electrons. The number of carbonyl (C=O) groups excluding carboxylic acids is 2. The van der Waals surface area contributed by atoms with Crippen LogP contribution < -0.4 is 5.56 Å². The van der Waals surface area contributed by atoms with E-state index in [1.54, 1.807) is 4.90 Å². The molecule has 1 aromatic carbocycles. The molecule has 2 fully saturated rings. The molecule has 5 rings (SSSR count). The molecule has 1 amide bonds. The molecule has 8 nitrogen and oxygen atoms in total. The highest BCUT2D eigenvalue weighted by Gasteiger charge is 2.67. The fourth-order valence-corrected chi connectivity index (χ4v) is 7.67. The van der Waals surface area contributed by atoms with Gasteiger partial charge in [0.05, 0.1) is 28.3 Å². The average Bonchev–Trinajstić information content (AvgIpc) is 3.73. The third-order valence-corrected chi connectivity index (χ3v) is 10.7. The highest BCUT2D eigenvalue weighted by atomic mass is 32.2. The summed E-state index contributed by atoms with van der Waals surface area (Å²) in [6.07, 6.45) is 2.20. The summed E-state index contributed by atoms with van der Waals surface area (Å²) in [6.45, 7) is 2.44. The van der Waals surface area contributed by atoms with Crippen LogP contribution >= 0.6 is 0 Å². The molecule has 2 aromatic rings.